The first-order valence-corrected chi connectivity index (χ1v) is 5.36. The molecule has 0 bridgehead atoms. The van der Waals surface area contributed by atoms with E-state index >= 15 is 0 Å². The van der Waals surface area contributed by atoms with Gasteiger partial charge >= 0.3 is 0 Å². The summed E-state index contributed by atoms with van der Waals surface area (Å²) in [7, 11) is 0. The van der Waals surface area contributed by atoms with Gasteiger partial charge in [0, 0.05) is 0 Å². The van der Waals surface area contributed by atoms with Crippen LogP contribution in [0.1, 0.15) is 5.82 Å². The zero-order valence-corrected chi connectivity index (χ0v) is 9.90. The Labute approximate surface area is 99.6 Å². The van der Waals surface area contributed by atoms with Gasteiger partial charge in [-0.15, -0.1) is 5.10 Å². The molecule has 0 fully saturated rings. The van der Waals surface area contributed by atoms with E-state index in [-0.39, 0.29) is 6.61 Å². The number of aliphatic hydroxyl groups is 1. The van der Waals surface area contributed by atoms with Gasteiger partial charge in [-0.1, -0.05) is 23.7 Å². The second-order valence-electron chi connectivity index (χ2n) is 2.82. The van der Waals surface area contributed by atoms with E-state index < -0.39 is 0 Å². The summed E-state index contributed by atoms with van der Waals surface area (Å²) >= 11 is 9.26. The van der Waals surface area contributed by atoms with Gasteiger partial charge in [-0.05, 0) is 28.1 Å². The SMILES string of the molecule is OCc1nc(Br)n(-c2ccccc2Cl)n1. The van der Waals surface area contributed by atoms with Crippen LogP contribution in [0.2, 0.25) is 5.02 Å². The largest absolute Gasteiger partial charge is 0.388 e. The van der Waals surface area contributed by atoms with Gasteiger partial charge in [0.15, 0.2) is 10.6 Å². The molecule has 1 aromatic carbocycles. The molecule has 0 aliphatic carbocycles. The fourth-order valence-corrected chi connectivity index (χ4v) is 1.87. The van der Waals surface area contributed by atoms with Crippen LogP contribution in [-0.4, -0.2) is 19.9 Å². The van der Waals surface area contributed by atoms with Gasteiger partial charge in [-0.3, -0.25) is 0 Å². The molecule has 0 unspecified atom stereocenters. The summed E-state index contributed by atoms with van der Waals surface area (Å²) in [4.78, 5) is 4.01. The van der Waals surface area contributed by atoms with Crippen LogP contribution in [0, 0.1) is 0 Å². The average Bonchev–Trinajstić information content (AvgIpc) is 2.60. The molecule has 0 radical (unpaired) electrons. The molecule has 78 valence electrons. The third-order valence-corrected chi connectivity index (χ3v) is 2.67. The summed E-state index contributed by atoms with van der Waals surface area (Å²) in [6.07, 6.45) is 0. The van der Waals surface area contributed by atoms with Crippen LogP contribution in [0.25, 0.3) is 5.69 Å². The van der Waals surface area contributed by atoms with Crippen LogP contribution in [0.3, 0.4) is 0 Å². The van der Waals surface area contributed by atoms with E-state index in [1.807, 2.05) is 18.2 Å². The molecule has 0 spiro atoms. The van der Waals surface area contributed by atoms with Gasteiger partial charge in [0.1, 0.15) is 6.61 Å². The zero-order valence-electron chi connectivity index (χ0n) is 7.56. The Morgan fingerprint density at radius 2 is 2.13 bits per heavy atom. The molecule has 2 aromatic rings. The van der Waals surface area contributed by atoms with E-state index in [0.717, 1.165) is 5.69 Å². The summed E-state index contributed by atoms with van der Waals surface area (Å²) in [5, 5.41) is 13.6. The van der Waals surface area contributed by atoms with E-state index in [9.17, 15) is 0 Å². The van der Waals surface area contributed by atoms with Crippen molar-refractivity contribution in [1.82, 2.24) is 14.8 Å². The van der Waals surface area contributed by atoms with Crippen LogP contribution >= 0.6 is 27.5 Å². The van der Waals surface area contributed by atoms with E-state index in [1.165, 1.54) is 4.68 Å². The van der Waals surface area contributed by atoms with Gasteiger partial charge in [0.2, 0.25) is 0 Å². The molecule has 2 rings (SSSR count). The van der Waals surface area contributed by atoms with E-state index in [4.69, 9.17) is 16.7 Å². The summed E-state index contributed by atoms with van der Waals surface area (Å²) in [5.41, 5.74) is 0.721. The maximum Gasteiger partial charge on any atom is 0.200 e. The number of aromatic nitrogens is 3. The van der Waals surface area contributed by atoms with E-state index in [2.05, 4.69) is 26.0 Å². The lowest BCUT2D eigenvalue weighted by Crippen LogP contribution is -1.98. The van der Waals surface area contributed by atoms with Crippen molar-refractivity contribution in [3.05, 3.63) is 39.8 Å². The van der Waals surface area contributed by atoms with Gasteiger partial charge < -0.3 is 5.11 Å². The van der Waals surface area contributed by atoms with Crippen molar-refractivity contribution in [2.45, 2.75) is 6.61 Å². The minimum absolute atomic E-state index is 0.198. The highest BCUT2D eigenvalue weighted by Gasteiger charge is 2.10. The van der Waals surface area contributed by atoms with Crippen molar-refractivity contribution < 1.29 is 5.11 Å². The lowest BCUT2D eigenvalue weighted by molar-refractivity contribution is 0.271. The third kappa shape index (κ3) is 2.04. The van der Waals surface area contributed by atoms with Crippen LogP contribution in [0.15, 0.2) is 29.0 Å². The first kappa shape index (κ1) is 10.6. The van der Waals surface area contributed by atoms with Crippen LogP contribution in [0.4, 0.5) is 0 Å². The molecule has 0 aliphatic rings. The van der Waals surface area contributed by atoms with Crippen molar-refractivity contribution in [1.29, 1.82) is 0 Å². The van der Waals surface area contributed by atoms with Crippen LogP contribution in [0.5, 0.6) is 0 Å². The summed E-state index contributed by atoms with van der Waals surface area (Å²) < 4.78 is 2.05. The monoisotopic (exact) mass is 287 g/mol. The molecule has 4 nitrogen and oxygen atoms in total. The minimum atomic E-state index is -0.198. The first-order valence-electron chi connectivity index (χ1n) is 4.19. The number of hydrogen-bond donors (Lipinski definition) is 1. The number of benzene rings is 1. The number of nitrogens with zero attached hydrogens (tertiary/aromatic N) is 3. The topological polar surface area (TPSA) is 50.9 Å². The molecule has 0 amide bonds. The molecule has 0 saturated carbocycles. The molecule has 1 heterocycles. The highest BCUT2D eigenvalue weighted by Crippen LogP contribution is 2.22. The molecule has 1 N–H and O–H groups in total. The van der Waals surface area contributed by atoms with E-state index in [1.54, 1.807) is 6.07 Å². The van der Waals surface area contributed by atoms with Gasteiger partial charge in [-0.25, -0.2) is 9.67 Å². The Balaban J connectivity index is 2.54. The van der Waals surface area contributed by atoms with Gasteiger partial charge in [0.25, 0.3) is 0 Å². The summed E-state index contributed by atoms with van der Waals surface area (Å²) in [6.45, 7) is -0.198. The Bertz CT molecular complexity index is 486. The summed E-state index contributed by atoms with van der Waals surface area (Å²) in [6, 6.07) is 7.28. The molecular weight excluding hydrogens is 281 g/mol. The number of rotatable bonds is 2. The molecule has 0 saturated heterocycles. The summed E-state index contributed by atoms with van der Waals surface area (Å²) in [5.74, 6) is 0.349. The maximum absolute atomic E-state index is 8.90. The first-order chi connectivity index (χ1) is 7.22. The van der Waals surface area contributed by atoms with Crippen molar-refractivity contribution in [3.63, 3.8) is 0 Å². The third-order valence-electron chi connectivity index (χ3n) is 1.83. The van der Waals surface area contributed by atoms with Crippen molar-refractivity contribution >= 4 is 27.5 Å². The van der Waals surface area contributed by atoms with Gasteiger partial charge in [0.05, 0.1) is 10.7 Å². The number of aliphatic hydroxyl groups excluding tert-OH is 1. The fourth-order valence-electron chi connectivity index (χ4n) is 1.18. The Kier molecular flexibility index (Phi) is 3.04. The quantitative estimate of drug-likeness (QED) is 0.921. The lowest BCUT2D eigenvalue weighted by Gasteiger charge is -2.03. The van der Waals surface area contributed by atoms with Crippen molar-refractivity contribution in [3.8, 4) is 5.69 Å². The molecular formula is C9H7BrClN3O. The molecule has 0 atom stereocenters. The smallest absolute Gasteiger partial charge is 0.200 e. The number of para-hydroxylation sites is 1. The average molecular weight is 289 g/mol. The lowest BCUT2D eigenvalue weighted by atomic mass is 10.3. The molecule has 0 aliphatic heterocycles. The predicted molar refractivity (Wildman–Crippen MR) is 60.0 cm³/mol. The molecule has 15 heavy (non-hydrogen) atoms. The minimum Gasteiger partial charge on any atom is -0.388 e. The van der Waals surface area contributed by atoms with Gasteiger partial charge in [-0.2, -0.15) is 0 Å². The second-order valence-corrected chi connectivity index (χ2v) is 3.93. The molecule has 6 heteroatoms. The molecule has 1 aromatic heterocycles. The van der Waals surface area contributed by atoms with Crippen molar-refractivity contribution in [2.24, 2.45) is 0 Å². The highest BCUT2D eigenvalue weighted by molar-refractivity contribution is 9.10. The number of hydrogen-bond acceptors (Lipinski definition) is 3. The van der Waals surface area contributed by atoms with Crippen LogP contribution in [-0.2, 0) is 6.61 Å². The predicted octanol–water partition coefficient (Wildman–Crippen LogP) is 2.18. The van der Waals surface area contributed by atoms with Crippen molar-refractivity contribution in [2.75, 3.05) is 0 Å². The normalized spacial score (nSPS) is 10.6. The fraction of sp³-hybridized carbons (Fsp3) is 0.111. The van der Waals surface area contributed by atoms with E-state index in [0.29, 0.717) is 15.6 Å². The highest BCUT2D eigenvalue weighted by atomic mass is 79.9. The zero-order chi connectivity index (χ0) is 10.8. The Hall–Kier alpha value is -0.910. The van der Waals surface area contributed by atoms with Crippen LogP contribution < -0.4 is 0 Å². The Morgan fingerprint density at radius 3 is 2.73 bits per heavy atom. The maximum atomic E-state index is 8.90. The standard InChI is InChI=1S/C9H7BrClN3O/c10-9-12-8(5-15)13-14(9)7-4-2-1-3-6(7)11/h1-4,15H,5H2. The second kappa shape index (κ2) is 4.30. The number of halogens is 2. The Morgan fingerprint density at radius 1 is 1.40 bits per heavy atom.